The minimum absolute atomic E-state index is 0.200. The number of nitrogens with zero attached hydrogens (tertiary/aromatic N) is 1. The van der Waals surface area contributed by atoms with E-state index in [1.807, 2.05) is 0 Å². The van der Waals surface area contributed by atoms with Gasteiger partial charge in [0, 0.05) is 27.7 Å². The lowest BCUT2D eigenvalue weighted by Gasteiger charge is -2.07. The Labute approximate surface area is 135 Å². The number of aromatic amines is 1. The van der Waals surface area contributed by atoms with Crippen molar-refractivity contribution >= 4 is 45.7 Å². The van der Waals surface area contributed by atoms with Crippen LogP contribution in [0.3, 0.4) is 0 Å². The number of aliphatic hydroxyl groups is 1. The molecule has 1 amide bonds. The summed E-state index contributed by atoms with van der Waals surface area (Å²) in [7, 11) is 0. The van der Waals surface area contributed by atoms with Crippen LogP contribution in [0.15, 0.2) is 36.7 Å². The molecule has 7 heteroatoms. The number of rotatable bonds is 3. The molecule has 0 saturated heterocycles. The SMILES string of the molecule is O=C(Nc1cnccc1CO)c1[nH]c2ccc(Cl)cc2c1Cl. The van der Waals surface area contributed by atoms with Gasteiger partial charge in [0.25, 0.3) is 5.91 Å². The predicted molar refractivity (Wildman–Crippen MR) is 86.4 cm³/mol. The maximum absolute atomic E-state index is 12.4. The Kier molecular flexibility index (Phi) is 4.02. The van der Waals surface area contributed by atoms with Gasteiger partial charge in [-0.25, -0.2) is 0 Å². The largest absolute Gasteiger partial charge is 0.392 e. The molecule has 0 saturated carbocycles. The maximum atomic E-state index is 12.4. The van der Waals surface area contributed by atoms with Crippen LogP contribution in [0.2, 0.25) is 10.0 Å². The molecule has 0 aliphatic heterocycles. The van der Waals surface area contributed by atoms with Gasteiger partial charge in [-0.2, -0.15) is 0 Å². The molecule has 0 fully saturated rings. The molecule has 0 aliphatic rings. The summed E-state index contributed by atoms with van der Waals surface area (Å²) in [5.41, 5.74) is 1.95. The zero-order valence-corrected chi connectivity index (χ0v) is 12.7. The average Bonchev–Trinajstić information content (AvgIpc) is 2.85. The van der Waals surface area contributed by atoms with Crippen LogP contribution in [0, 0.1) is 0 Å². The van der Waals surface area contributed by atoms with Crippen molar-refractivity contribution in [3.63, 3.8) is 0 Å². The van der Waals surface area contributed by atoms with Crippen LogP contribution in [0.1, 0.15) is 16.1 Å². The number of pyridine rings is 1. The first-order valence-corrected chi connectivity index (χ1v) is 7.17. The number of aromatic nitrogens is 2. The molecule has 3 rings (SSSR count). The highest BCUT2D eigenvalue weighted by atomic mass is 35.5. The molecule has 112 valence electrons. The van der Waals surface area contributed by atoms with Crippen molar-refractivity contribution in [2.45, 2.75) is 6.61 Å². The Hall–Kier alpha value is -2.08. The molecule has 2 aromatic heterocycles. The second kappa shape index (κ2) is 5.96. The van der Waals surface area contributed by atoms with Crippen LogP contribution in [-0.2, 0) is 6.61 Å². The number of H-pyrrole nitrogens is 1. The number of fused-ring (bicyclic) bond motifs is 1. The summed E-state index contributed by atoms with van der Waals surface area (Å²) in [5, 5.41) is 13.5. The van der Waals surface area contributed by atoms with Crippen molar-refractivity contribution in [3.05, 3.63) is 58.0 Å². The van der Waals surface area contributed by atoms with Crippen LogP contribution in [-0.4, -0.2) is 21.0 Å². The van der Waals surface area contributed by atoms with E-state index in [0.717, 1.165) is 0 Å². The van der Waals surface area contributed by atoms with Gasteiger partial charge in [0.2, 0.25) is 0 Å². The third kappa shape index (κ3) is 2.66. The van der Waals surface area contributed by atoms with Crippen molar-refractivity contribution in [3.8, 4) is 0 Å². The Morgan fingerprint density at radius 3 is 2.91 bits per heavy atom. The van der Waals surface area contributed by atoms with E-state index in [1.165, 1.54) is 6.20 Å². The zero-order chi connectivity index (χ0) is 15.7. The van der Waals surface area contributed by atoms with Gasteiger partial charge in [-0.1, -0.05) is 23.2 Å². The lowest BCUT2D eigenvalue weighted by atomic mass is 10.2. The summed E-state index contributed by atoms with van der Waals surface area (Å²) in [4.78, 5) is 19.3. The number of halogens is 2. The van der Waals surface area contributed by atoms with Crippen molar-refractivity contribution in [1.29, 1.82) is 0 Å². The minimum Gasteiger partial charge on any atom is -0.392 e. The Bertz CT molecular complexity index is 861. The van der Waals surface area contributed by atoms with Crippen LogP contribution in [0.25, 0.3) is 10.9 Å². The number of aliphatic hydroxyl groups excluding tert-OH is 1. The number of amides is 1. The van der Waals surface area contributed by atoms with E-state index in [-0.39, 0.29) is 12.3 Å². The number of carbonyl (C=O) groups is 1. The maximum Gasteiger partial charge on any atom is 0.273 e. The average molecular weight is 336 g/mol. The van der Waals surface area contributed by atoms with E-state index >= 15 is 0 Å². The summed E-state index contributed by atoms with van der Waals surface area (Å²) in [6, 6.07) is 6.78. The van der Waals surface area contributed by atoms with E-state index in [1.54, 1.807) is 30.5 Å². The summed E-state index contributed by atoms with van der Waals surface area (Å²) < 4.78 is 0. The van der Waals surface area contributed by atoms with Crippen LogP contribution in [0.4, 0.5) is 5.69 Å². The molecule has 0 atom stereocenters. The molecule has 0 bridgehead atoms. The fourth-order valence-electron chi connectivity index (χ4n) is 2.15. The van der Waals surface area contributed by atoms with Gasteiger partial charge in [0.1, 0.15) is 5.69 Å². The molecule has 1 aromatic carbocycles. The first-order valence-electron chi connectivity index (χ1n) is 6.42. The van der Waals surface area contributed by atoms with Gasteiger partial charge in [-0.15, -0.1) is 0 Å². The highest BCUT2D eigenvalue weighted by Crippen LogP contribution is 2.30. The van der Waals surface area contributed by atoms with Gasteiger partial charge < -0.3 is 15.4 Å². The smallest absolute Gasteiger partial charge is 0.273 e. The van der Waals surface area contributed by atoms with Crippen molar-refractivity contribution in [2.24, 2.45) is 0 Å². The van der Waals surface area contributed by atoms with E-state index in [4.69, 9.17) is 23.2 Å². The Morgan fingerprint density at radius 1 is 1.32 bits per heavy atom. The monoisotopic (exact) mass is 335 g/mol. The van der Waals surface area contributed by atoms with Crippen LogP contribution in [0.5, 0.6) is 0 Å². The molecule has 5 nitrogen and oxygen atoms in total. The third-order valence-corrected chi connectivity index (χ3v) is 3.88. The first kappa shape index (κ1) is 14.8. The van der Waals surface area contributed by atoms with Gasteiger partial charge in [0.05, 0.1) is 23.5 Å². The first-order chi connectivity index (χ1) is 10.6. The normalized spacial score (nSPS) is 10.9. The second-order valence-electron chi connectivity index (χ2n) is 4.65. The summed E-state index contributed by atoms with van der Waals surface area (Å²) in [6.45, 7) is -0.200. The molecule has 3 N–H and O–H groups in total. The summed E-state index contributed by atoms with van der Waals surface area (Å²) in [5.74, 6) is -0.417. The Balaban J connectivity index is 1.97. The standard InChI is InChI=1S/C15H11Cl2N3O2/c16-9-1-2-11-10(5-9)13(17)14(19-11)15(22)20-12-6-18-4-3-8(12)7-21/h1-6,19,21H,7H2,(H,20,22). The molecular formula is C15H11Cl2N3O2. The molecule has 0 spiro atoms. The quantitative estimate of drug-likeness (QED) is 0.684. The molecule has 0 unspecified atom stereocenters. The van der Waals surface area contributed by atoms with Gasteiger partial charge >= 0.3 is 0 Å². The molecule has 0 aliphatic carbocycles. The van der Waals surface area contributed by atoms with E-state index in [0.29, 0.717) is 32.2 Å². The van der Waals surface area contributed by atoms with E-state index < -0.39 is 5.91 Å². The van der Waals surface area contributed by atoms with Crippen LogP contribution >= 0.6 is 23.2 Å². The lowest BCUT2D eigenvalue weighted by molar-refractivity contribution is 0.102. The molecule has 3 aromatic rings. The Morgan fingerprint density at radius 2 is 2.14 bits per heavy atom. The molecule has 22 heavy (non-hydrogen) atoms. The zero-order valence-electron chi connectivity index (χ0n) is 11.2. The van der Waals surface area contributed by atoms with Gasteiger partial charge in [-0.05, 0) is 24.3 Å². The fourth-order valence-corrected chi connectivity index (χ4v) is 2.61. The molecule has 0 radical (unpaired) electrons. The number of carbonyl (C=O) groups excluding carboxylic acids is 1. The second-order valence-corrected chi connectivity index (χ2v) is 5.46. The highest BCUT2D eigenvalue weighted by Gasteiger charge is 2.17. The van der Waals surface area contributed by atoms with Gasteiger partial charge in [0.15, 0.2) is 0 Å². The van der Waals surface area contributed by atoms with Crippen LogP contribution < -0.4 is 5.32 Å². The van der Waals surface area contributed by atoms with E-state index in [2.05, 4.69) is 15.3 Å². The van der Waals surface area contributed by atoms with E-state index in [9.17, 15) is 9.90 Å². The number of benzene rings is 1. The number of hydrogen-bond donors (Lipinski definition) is 3. The fraction of sp³-hybridized carbons (Fsp3) is 0.0667. The minimum atomic E-state index is -0.417. The topological polar surface area (TPSA) is 78.0 Å². The third-order valence-electron chi connectivity index (χ3n) is 3.25. The molecule has 2 heterocycles. The number of anilines is 1. The van der Waals surface area contributed by atoms with Crippen molar-refractivity contribution in [2.75, 3.05) is 5.32 Å². The number of hydrogen-bond acceptors (Lipinski definition) is 3. The summed E-state index contributed by atoms with van der Waals surface area (Å²) in [6.07, 6.45) is 3.01. The van der Waals surface area contributed by atoms with Crippen molar-refractivity contribution < 1.29 is 9.90 Å². The summed E-state index contributed by atoms with van der Waals surface area (Å²) >= 11 is 12.2. The number of nitrogens with one attached hydrogen (secondary N) is 2. The highest BCUT2D eigenvalue weighted by molar-refractivity contribution is 6.40. The predicted octanol–water partition coefficient (Wildman–Crippen LogP) is 3.61. The lowest BCUT2D eigenvalue weighted by Crippen LogP contribution is -2.14. The van der Waals surface area contributed by atoms with Crippen molar-refractivity contribution in [1.82, 2.24) is 9.97 Å². The van der Waals surface area contributed by atoms with Gasteiger partial charge in [-0.3, -0.25) is 9.78 Å². The molecular weight excluding hydrogens is 325 g/mol.